The number of hydrogen-bond donors (Lipinski definition) is 1. The highest BCUT2D eigenvalue weighted by Gasteiger charge is 2.15. The highest BCUT2D eigenvalue weighted by molar-refractivity contribution is 5.91. The maximum absolute atomic E-state index is 12.2. The van der Waals surface area contributed by atoms with E-state index in [1.807, 2.05) is 49.5 Å². The molecule has 5 heteroatoms. The molecule has 0 aromatic heterocycles. The summed E-state index contributed by atoms with van der Waals surface area (Å²) in [4.78, 5) is 14.3. The standard InChI is InChI=1S/C19H22N2O3/c1-21-11-12-24-18-13-15(6-9-17(18)21)20-19(22)10-5-14-3-7-16(23-2)8-4-14/h3-4,6-9,13H,5,10-12H2,1-2H3,(H,20,22). The van der Waals surface area contributed by atoms with Gasteiger partial charge in [-0.1, -0.05) is 12.1 Å². The van der Waals surface area contributed by atoms with E-state index < -0.39 is 0 Å². The van der Waals surface area contributed by atoms with Crippen LogP contribution in [0.2, 0.25) is 0 Å². The van der Waals surface area contributed by atoms with Gasteiger partial charge in [-0.2, -0.15) is 0 Å². The molecule has 0 aliphatic carbocycles. The molecular formula is C19H22N2O3. The molecule has 0 radical (unpaired) electrons. The summed E-state index contributed by atoms with van der Waals surface area (Å²) in [5, 5.41) is 2.94. The molecule has 0 unspecified atom stereocenters. The molecule has 126 valence electrons. The van der Waals surface area contributed by atoms with Crippen LogP contribution in [-0.2, 0) is 11.2 Å². The van der Waals surface area contributed by atoms with Crippen molar-refractivity contribution in [3.8, 4) is 11.5 Å². The van der Waals surface area contributed by atoms with Gasteiger partial charge in [-0.05, 0) is 36.2 Å². The zero-order valence-corrected chi connectivity index (χ0v) is 14.0. The molecule has 1 N–H and O–H groups in total. The van der Waals surface area contributed by atoms with E-state index in [-0.39, 0.29) is 5.91 Å². The average molecular weight is 326 g/mol. The van der Waals surface area contributed by atoms with Crippen LogP contribution in [0.15, 0.2) is 42.5 Å². The van der Waals surface area contributed by atoms with Crippen molar-refractivity contribution in [3.63, 3.8) is 0 Å². The van der Waals surface area contributed by atoms with E-state index in [0.717, 1.165) is 35.0 Å². The second kappa shape index (κ2) is 7.25. The molecule has 0 fully saturated rings. The van der Waals surface area contributed by atoms with Crippen molar-refractivity contribution in [2.24, 2.45) is 0 Å². The summed E-state index contributed by atoms with van der Waals surface area (Å²) < 4.78 is 10.8. The van der Waals surface area contributed by atoms with Gasteiger partial charge in [0, 0.05) is 25.2 Å². The second-order valence-electron chi connectivity index (χ2n) is 5.85. The lowest BCUT2D eigenvalue weighted by atomic mass is 10.1. The fraction of sp³-hybridized carbons (Fsp3) is 0.316. The maximum atomic E-state index is 12.2. The minimum atomic E-state index is -0.00469. The lowest BCUT2D eigenvalue weighted by Gasteiger charge is -2.27. The molecule has 0 saturated heterocycles. The summed E-state index contributed by atoms with van der Waals surface area (Å²) in [6, 6.07) is 13.6. The molecule has 0 atom stereocenters. The number of fused-ring (bicyclic) bond motifs is 1. The summed E-state index contributed by atoms with van der Waals surface area (Å²) in [5.74, 6) is 1.63. The number of ether oxygens (including phenoxy) is 2. The number of nitrogens with one attached hydrogen (secondary N) is 1. The first-order valence-electron chi connectivity index (χ1n) is 8.06. The molecule has 2 aromatic rings. The van der Waals surface area contributed by atoms with E-state index >= 15 is 0 Å². The maximum Gasteiger partial charge on any atom is 0.224 e. The number of benzene rings is 2. The Hall–Kier alpha value is -2.69. The van der Waals surface area contributed by atoms with E-state index in [9.17, 15) is 4.79 Å². The molecule has 2 aromatic carbocycles. The van der Waals surface area contributed by atoms with Gasteiger partial charge in [0.1, 0.15) is 18.1 Å². The molecule has 0 spiro atoms. The quantitative estimate of drug-likeness (QED) is 0.917. The topological polar surface area (TPSA) is 50.8 Å². The number of likely N-dealkylation sites (N-methyl/N-ethyl adjacent to an activating group) is 1. The first-order valence-corrected chi connectivity index (χ1v) is 8.06. The molecular weight excluding hydrogens is 304 g/mol. The van der Waals surface area contributed by atoms with Crippen molar-refractivity contribution in [2.45, 2.75) is 12.8 Å². The summed E-state index contributed by atoms with van der Waals surface area (Å²) in [5.41, 5.74) is 2.93. The molecule has 1 aliphatic rings. The highest BCUT2D eigenvalue weighted by atomic mass is 16.5. The summed E-state index contributed by atoms with van der Waals surface area (Å²) in [6.45, 7) is 1.54. The Kier molecular flexibility index (Phi) is 4.89. The van der Waals surface area contributed by atoms with E-state index in [0.29, 0.717) is 19.4 Å². The molecule has 1 amide bonds. The van der Waals surface area contributed by atoms with Gasteiger partial charge in [0.2, 0.25) is 5.91 Å². The van der Waals surface area contributed by atoms with Gasteiger partial charge in [-0.15, -0.1) is 0 Å². The summed E-state index contributed by atoms with van der Waals surface area (Å²) in [7, 11) is 3.68. The number of nitrogens with zero attached hydrogens (tertiary/aromatic N) is 1. The first-order chi connectivity index (χ1) is 11.7. The lowest BCUT2D eigenvalue weighted by molar-refractivity contribution is -0.116. The first kappa shape index (κ1) is 16.2. The monoisotopic (exact) mass is 326 g/mol. The predicted molar refractivity (Wildman–Crippen MR) is 95.2 cm³/mol. The second-order valence-corrected chi connectivity index (χ2v) is 5.85. The number of methoxy groups -OCH3 is 1. The number of amides is 1. The van der Waals surface area contributed by atoms with Gasteiger partial charge in [0.05, 0.1) is 19.3 Å². The molecule has 0 saturated carbocycles. The minimum Gasteiger partial charge on any atom is -0.497 e. The highest BCUT2D eigenvalue weighted by Crippen LogP contribution is 2.33. The van der Waals surface area contributed by atoms with Crippen LogP contribution >= 0.6 is 0 Å². The number of aryl methyl sites for hydroxylation is 1. The van der Waals surface area contributed by atoms with Crippen molar-refractivity contribution < 1.29 is 14.3 Å². The largest absolute Gasteiger partial charge is 0.497 e. The van der Waals surface area contributed by atoms with Crippen LogP contribution in [-0.4, -0.2) is 33.2 Å². The Morgan fingerprint density at radius 2 is 2.04 bits per heavy atom. The smallest absolute Gasteiger partial charge is 0.224 e. The lowest BCUT2D eigenvalue weighted by Crippen LogP contribution is -2.28. The molecule has 1 aliphatic heterocycles. The van der Waals surface area contributed by atoms with E-state index in [1.165, 1.54) is 0 Å². The van der Waals surface area contributed by atoms with E-state index in [4.69, 9.17) is 9.47 Å². The van der Waals surface area contributed by atoms with Crippen molar-refractivity contribution in [1.82, 2.24) is 0 Å². The van der Waals surface area contributed by atoms with Crippen LogP contribution in [0, 0.1) is 0 Å². The Labute approximate surface area is 142 Å². The van der Waals surface area contributed by atoms with Gasteiger partial charge in [0.15, 0.2) is 0 Å². The average Bonchev–Trinajstić information content (AvgIpc) is 2.60. The normalized spacial score (nSPS) is 13.0. The Morgan fingerprint density at radius 3 is 2.79 bits per heavy atom. The van der Waals surface area contributed by atoms with Crippen LogP contribution in [0.1, 0.15) is 12.0 Å². The minimum absolute atomic E-state index is 0.00469. The van der Waals surface area contributed by atoms with Crippen LogP contribution in [0.3, 0.4) is 0 Å². The van der Waals surface area contributed by atoms with Crippen molar-refractivity contribution in [1.29, 1.82) is 0 Å². The molecule has 3 rings (SSSR count). The van der Waals surface area contributed by atoms with Gasteiger partial charge < -0.3 is 19.7 Å². The van der Waals surface area contributed by atoms with E-state index in [2.05, 4.69) is 10.2 Å². The Balaban J connectivity index is 1.56. The van der Waals surface area contributed by atoms with Crippen molar-refractivity contribution in [2.75, 3.05) is 37.5 Å². The zero-order chi connectivity index (χ0) is 16.9. The number of rotatable bonds is 5. The van der Waals surface area contributed by atoms with Crippen LogP contribution in [0.25, 0.3) is 0 Å². The van der Waals surface area contributed by atoms with Crippen LogP contribution in [0.5, 0.6) is 11.5 Å². The van der Waals surface area contributed by atoms with Gasteiger partial charge in [0.25, 0.3) is 0 Å². The van der Waals surface area contributed by atoms with Gasteiger partial charge in [-0.25, -0.2) is 0 Å². The zero-order valence-electron chi connectivity index (χ0n) is 14.0. The fourth-order valence-corrected chi connectivity index (χ4v) is 2.71. The fourth-order valence-electron chi connectivity index (χ4n) is 2.71. The third-order valence-electron chi connectivity index (χ3n) is 4.14. The molecule has 1 heterocycles. The third kappa shape index (κ3) is 3.79. The number of carbonyl (C=O) groups is 1. The Morgan fingerprint density at radius 1 is 1.25 bits per heavy atom. The van der Waals surface area contributed by atoms with Gasteiger partial charge >= 0.3 is 0 Å². The summed E-state index contributed by atoms with van der Waals surface area (Å²) >= 11 is 0. The number of hydrogen-bond acceptors (Lipinski definition) is 4. The third-order valence-corrected chi connectivity index (χ3v) is 4.14. The van der Waals surface area contributed by atoms with Crippen LogP contribution < -0.4 is 19.7 Å². The van der Waals surface area contributed by atoms with Gasteiger partial charge in [-0.3, -0.25) is 4.79 Å². The van der Waals surface area contributed by atoms with E-state index in [1.54, 1.807) is 7.11 Å². The number of carbonyl (C=O) groups excluding carboxylic acids is 1. The van der Waals surface area contributed by atoms with Crippen molar-refractivity contribution in [3.05, 3.63) is 48.0 Å². The number of anilines is 2. The van der Waals surface area contributed by atoms with Crippen molar-refractivity contribution >= 4 is 17.3 Å². The molecule has 0 bridgehead atoms. The predicted octanol–water partition coefficient (Wildman–Crippen LogP) is 3.10. The van der Waals surface area contributed by atoms with Crippen LogP contribution in [0.4, 0.5) is 11.4 Å². The molecule has 24 heavy (non-hydrogen) atoms. The molecule has 5 nitrogen and oxygen atoms in total. The summed E-state index contributed by atoms with van der Waals surface area (Å²) in [6.07, 6.45) is 1.13. The Bertz CT molecular complexity index is 713. The SMILES string of the molecule is COc1ccc(CCC(=O)Nc2ccc3c(c2)OCCN3C)cc1.